The molecule has 0 spiro atoms. The Morgan fingerprint density at radius 3 is 2.48 bits per heavy atom. The van der Waals surface area contributed by atoms with Gasteiger partial charge in [-0.3, -0.25) is 9.59 Å². The van der Waals surface area contributed by atoms with Crippen molar-refractivity contribution < 1.29 is 9.59 Å². The van der Waals surface area contributed by atoms with Crippen LogP contribution in [0.15, 0.2) is 54.6 Å². The van der Waals surface area contributed by atoms with E-state index in [9.17, 15) is 9.59 Å². The molecule has 2 amide bonds. The van der Waals surface area contributed by atoms with E-state index >= 15 is 0 Å². The fourth-order valence-corrected chi connectivity index (χ4v) is 4.22. The van der Waals surface area contributed by atoms with E-state index in [1.807, 2.05) is 47.4 Å². The number of piperidine rings is 1. The standard InChI is InChI=1S/C24H27N3O2/c1-17-20(21-9-5-6-10-22(21)26-17)11-14-25-23(28)18-12-15-27(16-13-18)24(29)19-7-3-2-4-8-19/h2-10,18,26H,11-16H2,1H3,(H,25,28). The van der Waals surface area contributed by atoms with Crippen molar-refractivity contribution in [2.45, 2.75) is 26.2 Å². The third-order valence-corrected chi connectivity index (χ3v) is 5.87. The first-order valence-corrected chi connectivity index (χ1v) is 10.3. The van der Waals surface area contributed by atoms with Gasteiger partial charge in [-0.15, -0.1) is 0 Å². The fraction of sp³-hybridized carbons (Fsp3) is 0.333. The number of para-hydroxylation sites is 1. The lowest BCUT2D eigenvalue weighted by Gasteiger charge is -2.31. The van der Waals surface area contributed by atoms with Gasteiger partial charge in [-0.2, -0.15) is 0 Å². The van der Waals surface area contributed by atoms with Crippen LogP contribution in [-0.4, -0.2) is 41.3 Å². The van der Waals surface area contributed by atoms with E-state index < -0.39 is 0 Å². The summed E-state index contributed by atoms with van der Waals surface area (Å²) in [6, 6.07) is 17.6. The minimum absolute atomic E-state index is 0.0149. The number of nitrogens with zero attached hydrogens (tertiary/aromatic N) is 1. The number of hydrogen-bond acceptors (Lipinski definition) is 2. The summed E-state index contributed by atoms with van der Waals surface area (Å²) in [7, 11) is 0. The third-order valence-electron chi connectivity index (χ3n) is 5.87. The normalized spacial score (nSPS) is 14.9. The predicted molar refractivity (Wildman–Crippen MR) is 115 cm³/mol. The molecular weight excluding hydrogens is 362 g/mol. The summed E-state index contributed by atoms with van der Waals surface area (Å²) in [6.07, 6.45) is 2.25. The molecule has 3 aromatic rings. The van der Waals surface area contributed by atoms with Crippen molar-refractivity contribution in [3.63, 3.8) is 0 Å². The highest BCUT2D eigenvalue weighted by molar-refractivity contribution is 5.94. The van der Waals surface area contributed by atoms with Crippen LogP contribution in [-0.2, 0) is 11.2 Å². The summed E-state index contributed by atoms with van der Waals surface area (Å²) in [4.78, 5) is 30.4. The van der Waals surface area contributed by atoms with Gasteiger partial charge in [0.15, 0.2) is 0 Å². The average molecular weight is 389 g/mol. The lowest BCUT2D eigenvalue weighted by Crippen LogP contribution is -2.43. The Balaban J connectivity index is 1.27. The molecule has 2 aromatic carbocycles. The van der Waals surface area contributed by atoms with Crippen LogP contribution >= 0.6 is 0 Å². The van der Waals surface area contributed by atoms with Crippen molar-refractivity contribution in [1.82, 2.24) is 15.2 Å². The highest BCUT2D eigenvalue weighted by Crippen LogP contribution is 2.22. The Bertz CT molecular complexity index is 1000. The number of aryl methyl sites for hydroxylation is 1. The Morgan fingerprint density at radius 2 is 1.72 bits per heavy atom. The molecule has 0 atom stereocenters. The molecule has 29 heavy (non-hydrogen) atoms. The number of H-pyrrole nitrogens is 1. The first kappa shape index (κ1) is 19.2. The van der Waals surface area contributed by atoms with Crippen LogP contribution < -0.4 is 5.32 Å². The van der Waals surface area contributed by atoms with Gasteiger partial charge in [-0.1, -0.05) is 36.4 Å². The molecule has 1 aliphatic rings. The van der Waals surface area contributed by atoms with Crippen LogP contribution in [0.3, 0.4) is 0 Å². The second-order valence-corrected chi connectivity index (χ2v) is 7.75. The zero-order chi connectivity index (χ0) is 20.2. The minimum atomic E-state index is -0.0149. The van der Waals surface area contributed by atoms with Gasteiger partial charge in [0.05, 0.1) is 0 Å². The van der Waals surface area contributed by atoms with E-state index in [2.05, 4.69) is 29.4 Å². The van der Waals surface area contributed by atoms with Gasteiger partial charge in [-0.25, -0.2) is 0 Å². The molecule has 0 radical (unpaired) electrons. The fourth-order valence-electron chi connectivity index (χ4n) is 4.22. The molecule has 2 N–H and O–H groups in total. The summed E-state index contributed by atoms with van der Waals surface area (Å²) >= 11 is 0. The first-order chi connectivity index (χ1) is 14.1. The molecule has 1 saturated heterocycles. The number of nitrogens with one attached hydrogen (secondary N) is 2. The summed E-state index contributed by atoms with van der Waals surface area (Å²) in [5.74, 6) is 0.146. The molecule has 1 aliphatic heterocycles. The summed E-state index contributed by atoms with van der Waals surface area (Å²) in [6.45, 7) is 3.97. The first-order valence-electron chi connectivity index (χ1n) is 10.3. The Labute approximate surface area is 171 Å². The lowest BCUT2D eigenvalue weighted by atomic mass is 9.95. The van der Waals surface area contributed by atoms with E-state index in [0.29, 0.717) is 25.2 Å². The number of hydrogen-bond donors (Lipinski definition) is 2. The maximum Gasteiger partial charge on any atom is 0.253 e. The van der Waals surface area contributed by atoms with Gasteiger partial charge < -0.3 is 15.2 Å². The highest BCUT2D eigenvalue weighted by Gasteiger charge is 2.27. The Kier molecular flexibility index (Phi) is 5.65. The zero-order valence-corrected chi connectivity index (χ0v) is 16.8. The van der Waals surface area contributed by atoms with Crippen molar-refractivity contribution in [2.24, 2.45) is 5.92 Å². The van der Waals surface area contributed by atoms with Crippen molar-refractivity contribution in [3.8, 4) is 0 Å². The molecular formula is C24H27N3O2. The van der Waals surface area contributed by atoms with Gasteiger partial charge in [0.25, 0.3) is 5.91 Å². The largest absolute Gasteiger partial charge is 0.358 e. The maximum absolute atomic E-state index is 12.6. The molecule has 1 fully saturated rings. The van der Waals surface area contributed by atoms with Gasteiger partial charge in [-0.05, 0) is 49.9 Å². The zero-order valence-electron chi connectivity index (χ0n) is 16.8. The van der Waals surface area contributed by atoms with E-state index in [1.165, 1.54) is 10.9 Å². The second-order valence-electron chi connectivity index (χ2n) is 7.75. The molecule has 0 saturated carbocycles. The molecule has 5 heteroatoms. The van der Waals surface area contributed by atoms with Crippen molar-refractivity contribution in [3.05, 3.63) is 71.4 Å². The van der Waals surface area contributed by atoms with E-state index in [-0.39, 0.29) is 17.7 Å². The summed E-state index contributed by atoms with van der Waals surface area (Å²) < 4.78 is 0. The quantitative estimate of drug-likeness (QED) is 0.699. The molecule has 2 heterocycles. The number of carbonyl (C=O) groups is 2. The molecule has 0 aliphatic carbocycles. The second kappa shape index (κ2) is 8.52. The molecule has 5 nitrogen and oxygen atoms in total. The topological polar surface area (TPSA) is 65.2 Å². The number of carbonyl (C=O) groups excluding carboxylic acids is 2. The summed E-state index contributed by atoms with van der Waals surface area (Å²) in [5.41, 5.74) is 4.28. The van der Waals surface area contributed by atoms with Gasteiger partial charge in [0, 0.05) is 47.7 Å². The minimum Gasteiger partial charge on any atom is -0.358 e. The smallest absolute Gasteiger partial charge is 0.253 e. The number of aromatic amines is 1. The highest BCUT2D eigenvalue weighted by atomic mass is 16.2. The predicted octanol–water partition coefficient (Wildman–Crippen LogP) is 3.69. The number of rotatable bonds is 5. The van der Waals surface area contributed by atoms with E-state index in [0.717, 1.165) is 30.5 Å². The molecule has 4 rings (SSSR count). The number of likely N-dealkylation sites (tertiary alicyclic amines) is 1. The van der Waals surface area contributed by atoms with Crippen molar-refractivity contribution in [1.29, 1.82) is 0 Å². The number of aromatic nitrogens is 1. The lowest BCUT2D eigenvalue weighted by molar-refractivity contribution is -0.126. The van der Waals surface area contributed by atoms with Crippen LogP contribution in [0.5, 0.6) is 0 Å². The van der Waals surface area contributed by atoms with Crippen LogP contribution in [0.1, 0.15) is 34.5 Å². The monoisotopic (exact) mass is 389 g/mol. The van der Waals surface area contributed by atoms with Crippen LogP contribution in [0.2, 0.25) is 0 Å². The SMILES string of the molecule is Cc1[nH]c2ccccc2c1CCNC(=O)C1CCN(C(=O)c2ccccc2)CC1. The van der Waals surface area contributed by atoms with Gasteiger partial charge >= 0.3 is 0 Å². The van der Waals surface area contributed by atoms with Crippen molar-refractivity contribution >= 4 is 22.7 Å². The van der Waals surface area contributed by atoms with Gasteiger partial charge in [0.2, 0.25) is 5.91 Å². The van der Waals surface area contributed by atoms with Crippen molar-refractivity contribution in [2.75, 3.05) is 19.6 Å². The van der Waals surface area contributed by atoms with Gasteiger partial charge in [0.1, 0.15) is 0 Å². The van der Waals surface area contributed by atoms with Crippen LogP contribution in [0.25, 0.3) is 10.9 Å². The summed E-state index contributed by atoms with van der Waals surface area (Å²) in [5, 5.41) is 4.33. The Morgan fingerprint density at radius 1 is 1.03 bits per heavy atom. The number of amides is 2. The van der Waals surface area contributed by atoms with E-state index in [4.69, 9.17) is 0 Å². The molecule has 0 unspecified atom stereocenters. The third kappa shape index (κ3) is 4.19. The molecule has 0 bridgehead atoms. The maximum atomic E-state index is 12.6. The number of benzene rings is 2. The Hall–Kier alpha value is -3.08. The van der Waals surface area contributed by atoms with E-state index in [1.54, 1.807) is 0 Å². The van der Waals surface area contributed by atoms with Crippen LogP contribution in [0, 0.1) is 12.8 Å². The molecule has 1 aromatic heterocycles. The number of fused-ring (bicyclic) bond motifs is 1. The average Bonchev–Trinajstić information content (AvgIpc) is 3.09. The van der Waals surface area contributed by atoms with Crippen LogP contribution in [0.4, 0.5) is 0 Å². The molecule has 150 valence electrons.